The number of hydrogen-bond donors (Lipinski definition) is 3. The van der Waals surface area contributed by atoms with E-state index in [4.69, 9.17) is 0 Å². The normalized spacial score (nSPS) is 11.9. The standard InChI is InChI=1S/C12H20N4O3/c1-3-10(17)5-6-14-12-8-9(16(18)19)7-11(15-12)13-4-2/h7-8,10,17H,3-6H2,1-2H3,(H2,13,14,15). The minimum atomic E-state index is -0.450. The molecule has 1 aromatic rings. The first-order valence-corrected chi connectivity index (χ1v) is 6.39. The van der Waals surface area contributed by atoms with Gasteiger partial charge in [0.05, 0.1) is 23.2 Å². The fourth-order valence-corrected chi connectivity index (χ4v) is 1.55. The van der Waals surface area contributed by atoms with E-state index >= 15 is 0 Å². The highest BCUT2D eigenvalue weighted by molar-refractivity contribution is 5.54. The topological polar surface area (TPSA) is 100 Å². The molecule has 1 rings (SSSR count). The number of nitrogens with one attached hydrogen (secondary N) is 2. The molecule has 0 aromatic carbocycles. The predicted octanol–water partition coefficient (Wildman–Crippen LogP) is 1.99. The van der Waals surface area contributed by atoms with Gasteiger partial charge in [0.1, 0.15) is 11.6 Å². The van der Waals surface area contributed by atoms with E-state index in [0.717, 1.165) is 0 Å². The van der Waals surface area contributed by atoms with E-state index in [1.807, 2.05) is 13.8 Å². The van der Waals surface area contributed by atoms with Crippen molar-refractivity contribution in [1.82, 2.24) is 4.98 Å². The average Bonchev–Trinajstić information content (AvgIpc) is 2.38. The van der Waals surface area contributed by atoms with Crippen LogP contribution in [0.2, 0.25) is 0 Å². The molecule has 0 bridgehead atoms. The summed E-state index contributed by atoms with van der Waals surface area (Å²) in [6.45, 7) is 4.96. The minimum Gasteiger partial charge on any atom is -0.393 e. The summed E-state index contributed by atoms with van der Waals surface area (Å²) >= 11 is 0. The van der Waals surface area contributed by atoms with E-state index in [1.54, 1.807) is 0 Å². The van der Waals surface area contributed by atoms with Gasteiger partial charge in [-0.3, -0.25) is 10.1 Å². The van der Waals surface area contributed by atoms with Crippen LogP contribution in [0.4, 0.5) is 17.3 Å². The van der Waals surface area contributed by atoms with Crippen LogP contribution in [0.25, 0.3) is 0 Å². The number of hydrogen-bond acceptors (Lipinski definition) is 6. The van der Waals surface area contributed by atoms with Gasteiger partial charge in [-0.1, -0.05) is 6.92 Å². The molecule has 1 aromatic heterocycles. The molecule has 0 aliphatic carbocycles. The number of anilines is 2. The molecular formula is C12H20N4O3. The second-order valence-corrected chi connectivity index (χ2v) is 4.16. The molecule has 1 heterocycles. The number of aliphatic hydroxyl groups excluding tert-OH is 1. The summed E-state index contributed by atoms with van der Waals surface area (Å²) in [7, 11) is 0. The van der Waals surface area contributed by atoms with Crippen LogP contribution in [0.1, 0.15) is 26.7 Å². The van der Waals surface area contributed by atoms with E-state index in [9.17, 15) is 15.2 Å². The Balaban J connectivity index is 2.73. The van der Waals surface area contributed by atoms with Crippen molar-refractivity contribution in [3.05, 3.63) is 22.2 Å². The molecule has 0 aliphatic heterocycles. The van der Waals surface area contributed by atoms with Crippen LogP contribution in [-0.2, 0) is 0 Å². The average molecular weight is 268 g/mol. The Morgan fingerprint density at radius 2 is 2.00 bits per heavy atom. The summed E-state index contributed by atoms with van der Waals surface area (Å²) in [4.78, 5) is 14.6. The molecule has 0 radical (unpaired) electrons. The van der Waals surface area contributed by atoms with E-state index in [0.29, 0.717) is 37.6 Å². The van der Waals surface area contributed by atoms with Gasteiger partial charge in [0, 0.05) is 13.1 Å². The summed E-state index contributed by atoms with van der Waals surface area (Å²) in [6, 6.07) is 2.79. The third-order valence-corrected chi connectivity index (χ3v) is 2.63. The van der Waals surface area contributed by atoms with Crippen LogP contribution < -0.4 is 10.6 Å². The quantitative estimate of drug-likeness (QED) is 0.492. The first kappa shape index (κ1) is 15.2. The van der Waals surface area contributed by atoms with Gasteiger partial charge in [-0.15, -0.1) is 0 Å². The molecule has 0 fully saturated rings. The van der Waals surface area contributed by atoms with Gasteiger partial charge in [0.15, 0.2) is 0 Å². The smallest absolute Gasteiger partial charge is 0.276 e. The highest BCUT2D eigenvalue weighted by Gasteiger charge is 2.11. The van der Waals surface area contributed by atoms with Gasteiger partial charge in [0.25, 0.3) is 5.69 Å². The Labute approximate surface area is 112 Å². The van der Waals surface area contributed by atoms with Gasteiger partial charge < -0.3 is 15.7 Å². The Hall–Kier alpha value is -1.89. The van der Waals surface area contributed by atoms with E-state index in [2.05, 4.69) is 15.6 Å². The zero-order chi connectivity index (χ0) is 14.3. The molecule has 7 nitrogen and oxygen atoms in total. The first-order chi connectivity index (χ1) is 9.06. The Kier molecular flexibility index (Phi) is 6.01. The highest BCUT2D eigenvalue weighted by atomic mass is 16.6. The maximum atomic E-state index is 10.8. The molecular weight excluding hydrogens is 248 g/mol. The van der Waals surface area contributed by atoms with Crippen molar-refractivity contribution < 1.29 is 10.0 Å². The Morgan fingerprint density at radius 1 is 1.37 bits per heavy atom. The molecule has 106 valence electrons. The number of aromatic nitrogens is 1. The number of aliphatic hydroxyl groups is 1. The second-order valence-electron chi connectivity index (χ2n) is 4.16. The molecule has 0 spiro atoms. The lowest BCUT2D eigenvalue weighted by atomic mass is 10.2. The van der Waals surface area contributed by atoms with E-state index in [-0.39, 0.29) is 11.8 Å². The fraction of sp³-hybridized carbons (Fsp3) is 0.583. The number of nitrogens with zero attached hydrogens (tertiary/aromatic N) is 2. The molecule has 0 amide bonds. The van der Waals surface area contributed by atoms with Crippen LogP contribution >= 0.6 is 0 Å². The lowest BCUT2D eigenvalue weighted by molar-refractivity contribution is -0.384. The van der Waals surface area contributed by atoms with Crippen LogP contribution in [0.3, 0.4) is 0 Å². The van der Waals surface area contributed by atoms with E-state index < -0.39 is 4.92 Å². The molecule has 19 heavy (non-hydrogen) atoms. The monoisotopic (exact) mass is 268 g/mol. The SMILES string of the molecule is CCNc1cc([N+](=O)[O-])cc(NCCC(O)CC)n1. The van der Waals surface area contributed by atoms with E-state index in [1.165, 1.54) is 12.1 Å². The highest BCUT2D eigenvalue weighted by Crippen LogP contribution is 2.20. The molecule has 1 unspecified atom stereocenters. The second kappa shape index (κ2) is 7.52. The van der Waals surface area contributed by atoms with Crippen LogP contribution in [0.5, 0.6) is 0 Å². The van der Waals surface area contributed by atoms with Crippen molar-refractivity contribution in [3.63, 3.8) is 0 Å². The molecule has 7 heteroatoms. The van der Waals surface area contributed by atoms with Crippen molar-refractivity contribution >= 4 is 17.3 Å². The Bertz CT molecular complexity index is 425. The first-order valence-electron chi connectivity index (χ1n) is 6.39. The van der Waals surface area contributed by atoms with Crippen molar-refractivity contribution in [1.29, 1.82) is 0 Å². The predicted molar refractivity (Wildman–Crippen MR) is 74.5 cm³/mol. The summed E-state index contributed by atoms with van der Waals surface area (Å²) in [5.74, 6) is 0.906. The summed E-state index contributed by atoms with van der Waals surface area (Å²) in [5, 5.41) is 26.2. The lowest BCUT2D eigenvalue weighted by Gasteiger charge is -2.10. The summed E-state index contributed by atoms with van der Waals surface area (Å²) in [6.07, 6.45) is 0.906. The van der Waals surface area contributed by atoms with Crippen LogP contribution in [0, 0.1) is 10.1 Å². The fourth-order valence-electron chi connectivity index (χ4n) is 1.55. The van der Waals surface area contributed by atoms with Gasteiger partial charge in [-0.25, -0.2) is 4.98 Å². The third kappa shape index (κ3) is 5.09. The molecule has 0 saturated carbocycles. The van der Waals surface area contributed by atoms with Crippen molar-refractivity contribution in [2.75, 3.05) is 23.7 Å². The zero-order valence-electron chi connectivity index (χ0n) is 11.2. The third-order valence-electron chi connectivity index (χ3n) is 2.63. The van der Waals surface area contributed by atoms with Gasteiger partial charge in [0.2, 0.25) is 0 Å². The maximum absolute atomic E-state index is 10.8. The van der Waals surface area contributed by atoms with Gasteiger partial charge >= 0.3 is 0 Å². The molecule has 0 aliphatic rings. The Morgan fingerprint density at radius 3 is 2.53 bits per heavy atom. The zero-order valence-corrected chi connectivity index (χ0v) is 11.2. The summed E-state index contributed by atoms with van der Waals surface area (Å²) in [5.41, 5.74) is -0.00973. The van der Waals surface area contributed by atoms with Crippen LogP contribution in [-0.4, -0.2) is 34.2 Å². The molecule has 1 atom stereocenters. The largest absolute Gasteiger partial charge is 0.393 e. The van der Waals surface area contributed by atoms with Gasteiger partial charge in [-0.05, 0) is 19.8 Å². The molecule has 3 N–H and O–H groups in total. The minimum absolute atomic E-state index is 0.00973. The number of pyridine rings is 1. The maximum Gasteiger partial charge on any atom is 0.276 e. The number of rotatable bonds is 8. The summed E-state index contributed by atoms with van der Waals surface area (Å²) < 4.78 is 0. The molecule has 0 saturated heterocycles. The lowest BCUT2D eigenvalue weighted by Crippen LogP contribution is -2.13. The van der Waals surface area contributed by atoms with Crippen LogP contribution in [0.15, 0.2) is 12.1 Å². The van der Waals surface area contributed by atoms with Crippen molar-refractivity contribution in [2.45, 2.75) is 32.8 Å². The number of nitro groups is 1. The van der Waals surface area contributed by atoms with Crippen molar-refractivity contribution in [2.24, 2.45) is 0 Å². The van der Waals surface area contributed by atoms with Crippen molar-refractivity contribution in [3.8, 4) is 0 Å². The van der Waals surface area contributed by atoms with Gasteiger partial charge in [-0.2, -0.15) is 0 Å².